The second kappa shape index (κ2) is 8.58. The third-order valence-electron chi connectivity index (χ3n) is 3.94. The zero-order valence-corrected chi connectivity index (χ0v) is 14.4. The summed E-state index contributed by atoms with van der Waals surface area (Å²) in [6.07, 6.45) is 3.53. The quantitative estimate of drug-likeness (QED) is 0.208. The van der Waals surface area contributed by atoms with Gasteiger partial charge in [-0.05, 0) is 41.0 Å². The smallest absolute Gasteiger partial charge is 0.336 e. The van der Waals surface area contributed by atoms with Gasteiger partial charge in [0.2, 0.25) is 0 Å². The molecule has 0 unspecified atom stereocenters. The van der Waals surface area contributed by atoms with E-state index in [9.17, 15) is 14.9 Å². The summed E-state index contributed by atoms with van der Waals surface area (Å²) in [5, 5.41) is 10.7. The zero-order chi connectivity index (χ0) is 19.1. The molecule has 0 atom stereocenters. The lowest BCUT2D eigenvalue weighted by atomic mass is 10.0. The predicted molar refractivity (Wildman–Crippen MR) is 103 cm³/mol. The van der Waals surface area contributed by atoms with Gasteiger partial charge in [0, 0.05) is 24.6 Å². The first-order valence-electron chi connectivity index (χ1n) is 8.38. The van der Waals surface area contributed by atoms with Gasteiger partial charge in [0.15, 0.2) is 0 Å². The van der Waals surface area contributed by atoms with Gasteiger partial charge in [-0.15, -0.1) is 0 Å². The average Bonchev–Trinajstić information content (AvgIpc) is 2.69. The molecule has 0 aliphatic carbocycles. The molecule has 0 aliphatic rings. The van der Waals surface area contributed by atoms with Crippen molar-refractivity contribution in [2.75, 3.05) is 0 Å². The van der Waals surface area contributed by atoms with E-state index in [1.165, 1.54) is 18.2 Å². The van der Waals surface area contributed by atoms with Crippen molar-refractivity contribution in [1.29, 1.82) is 0 Å². The SMILES string of the molecule is O=C(C=Cc1ccc([N+](=O)[O-])cc1)Oc1ccccc1Cc1ccccc1. The summed E-state index contributed by atoms with van der Waals surface area (Å²) in [5.74, 6) is 0.00793. The van der Waals surface area contributed by atoms with Crippen LogP contribution in [0, 0.1) is 10.1 Å². The number of esters is 1. The number of non-ortho nitro benzene ring substituents is 1. The second-order valence-electron chi connectivity index (χ2n) is 5.87. The van der Waals surface area contributed by atoms with Gasteiger partial charge in [-0.3, -0.25) is 10.1 Å². The number of nitro groups is 1. The van der Waals surface area contributed by atoms with Crippen molar-refractivity contribution in [3.63, 3.8) is 0 Å². The van der Waals surface area contributed by atoms with Crippen LogP contribution in [-0.4, -0.2) is 10.9 Å². The van der Waals surface area contributed by atoms with Crippen molar-refractivity contribution in [1.82, 2.24) is 0 Å². The van der Waals surface area contributed by atoms with Crippen LogP contribution in [0.3, 0.4) is 0 Å². The molecule has 0 amide bonds. The molecule has 0 aromatic heterocycles. The van der Waals surface area contributed by atoms with Crippen LogP contribution in [-0.2, 0) is 11.2 Å². The Morgan fingerprint density at radius 3 is 2.30 bits per heavy atom. The van der Waals surface area contributed by atoms with Gasteiger partial charge < -0.3 is 4.74 Å². The Balaban J connectivity index is 1.68. The number of ether oxygens (including phenoxy) is 1. The van der Waals surface area contributed by atoms with E-state index in [0.717, 1.165) is 11.1 Å². The standard InChI is InChI=1S/C22H17NO4/c24-22(15-12-17-10-13-20(14-11-17)23(25)26)27-21-9-5-4-8-19(21)16-18-6-2-1-3-7-18/h1-15H,16H2. The van der Waals surface area contributed by atoms with Gasteiger partial charge in [-0.1, -0.05) is 48.5 Å². The molecule has 134 valence electrons. The summed E-state index contributed by atoms with van der Waals surface area (Å²) < 4.78 is 5.47. The van der Waals surface area contributed by atoms with E-state index in [0.29, 0.717) is 17.7 Å². The first-order chi connectivity index (χ1) is 13.1. The summed E-state index contributed by atoms with van der Waals surface area (Å²) in [6.45, 7) is 0. The molecular formula is C22H17NO4. The minimum atomic E-state index is -0.506. The maximum atomic E-state index is 12.1. The Morgan fingerprint density at radius 2 is 1.59 bits per heavy atom. The lowest BCUT2D eigenvalue weighted by molar-refractivity contribution is -0.384. The number of para-hydroxylation sites is 1. The van der Waals surface area contributed by atoms with Crippen molar-refractivity contribution in [2.24, 2.45) is 0 Å². The first kappa shape index (κ1) is 18.1. The molecule has 0 spiro atoms. The third-order valence-corrected chi connectivity index (χ3v) is 3.94. The normalized spacial score (nSPS) is 10.7. The van der Waals surface area contributed by atoms with Gasteiger partial charge in [0.1, 0.15) is 5.75 Å². The van der Waals surface area contributed by atoms with Crippen LogP contribution in [0.15, 0.2) is 84.9 Å². The fourth-order valence-corrected chi connectivity index (χ4v) is 2.58. The fourth-order valence-electron chi connectivity index (χ4n) is 2.58. The molecule has 0 aliphatic heterocycles. The van der Waals surface area contributed by atoms with Gasteiger partial charge in [-0.2, -0.15) is 0 Å². The highest BCUT2D eigenvalue weighted by Crippen LogP contribution is 2.22. The number of hydrogen-bond acceptors (Lipinski definition) is 4. The Hall–Kier alpha value is -3.73. The van der Waals surface area contributed by atoms with Crippen LogP contribution in [0.4, 0.5) is 5.69 Å². The van der Waals surface area contributed by atoms with Crippen LogP contribution in [0.25, 0.3) is 6.08 Å². The Labute approximate surface area is 156 Å². The molecule has 0 saturated carbocycles. The molecule has 0 fully saturated rings. The molecular weight excluding hydrogens is 342 g/mol. The average molecular weight is 359 g/mol. The van der Waals surface area contributed by atoms with Crippen molar-refractivity contribution < 1.29 is 14.5 Å². The number of carbonyl (C=O) groups is 1. The van der Waals surface area contributed by atoms with E-state index in [-0.39, 0.29) is 5.69 Å². The number of hydrogen-bond donors (Lipinski definition) is 0. The highest BCUT2D eigenvalue weighted by molar-refractivity contribution is 5.88. The number of carbonyl (C=O) groups excluding carboxylic acids is 1. The highest BCUT2D eigenvalue weighted by atomic mass is 16.6. The fraction of sp³-hybridized carbons (Fsp3) is 0.0455. The Bertz CT molecular complexity index is 963. The summed E-state index contributed by atoms with van der Waals surface area (Å²) in [6, 6.07) is 23.3. The molecule has 0 saturated heterocycles. The summed E-state index contributed by atoms with van der Waals surface area (Å²) in [5.41, 5.74) is 2.72. The number of nitro benzene ring substituents is 1. The molecule has 5 nitrogen and oxygen atoms in total. The Morgan fingerprint density at radius 1 is 0.926 bits per heavy atom. The van der Waals surface area contributed by atoms with Crippen molar-refractivity contribution >= 4 is 17.7 Å². The number of nitrogens with zero attached hydrogens (tertiary/aromatic N) is 1. The second-order valence-corrected chi connectivity index (χ2v) is 5.87. The van der Waals surface area contributed by atoms with Crippen LogP contribution < -0.4 is 4.74 Å². The summed E-state index contributed by atoms with van der Waals surface area (Å²) in [4.78, 5) is 22.3. The minimum Gasteiger partial charge on any atom is -0.423 e. The molecule has 3 aromatic rings. The monoisotopic (exact) mass is 359 g/mol. The van der Waals surface area contributed by atoms with Gasteiger partial charge in [-0.25, -0.2) is 4.79 Å². The number of rotatable bonds is 6. The molecule has 27 heavy (non-hydrogen) atoms. The van der Waals surface area contributed by atoms with Crippen LogP contribution in [0.5, 0.6) is 5.75 Å². The highest BCUT2D eigenvalue weighted by Gasteiger charge is 2.08. The van der Waals surface area contributed by atoms with E-state index in [2.05, 4.69) is 0 Å². The van der Waals surface area contributed by atoms with E-state index in [4.69, 9.17) is 4.74 Å². The third kappa shape index (κ3) is 5.12. The largest absolute Gasteiger partial charge is 0.423 e. The molecule has 0 N–H and O–H groups in total. The van der Waals surface area contributed by atoms with Crippen LogP contribution in [0.1, 0.15) is 16.7 Å². The molecule has 3 rings (SSSR count). The van der Waals surface area contributed by atoms with Gasteiger partial charge >= 0.3 is 5.97 Å². The van der Waals surface area contributed by atoms with Crippen molar-refractivity contribution in [3.8, 4) is 5.75 Å². The van der Waals surface area contributed by atoms with Gasteiger partial charge in [0.05, 0.1) is 4.92 Å². The van der Waals surface area contributed by atoms with E-state index in [1.807, 2.05) is 48.5 Å². The lowest BCUT2D eigenvalue weighted by Gasteiger charge is -2.09. The van der Waals surface area contributed by atoms with E-state index >= 15 is 0 Å². The first-order valence-corrected chi connectivity index (χ1v) is 8.38. The molecule has 3 aromatic carbocycles. The predicted octanol–water partition coefficient (Wildman–Crippen LogP) is 4.80. The molecule has 0 heterocycles. The van der Waals surface area contributed by atoms with E-state index in [1.54, 1.807) is 24.3 Å². The molecule has 0 radical (unpaired) electrons. The lowest BCUT2D eigenvalue weighted by Crippen LogP contribution is -2.06. The number of benzene rings is 3. The summed E-state index contributed by atoms with van der Waals surface area (Å²) >= 11 is 0. The topological polar surface area (TPSA) is 69.4 Å². The van der Waals surface area contributed by atoms with Crippen LogP contribution in [0.2, 0.25) is 0 Å². The molecule has 0 bridgehead atoms. The van der Waals surface area contributed by atoms with E-state index < -0.39 is 10.9 Å². The van der Waals surface area contributed by atoms with Gasteiger partial charge in [0.25, 0.3) is 5.69 Å². The minimum absolute atomic E-state index is 0.00423. The summed E-state index contributed by atoms with van der Waals surface area (Å²) in [7, 11) is 0. The maximum Gasteiger partial charge on any atom is 0.336 e. The van der Waals surface area contributed by atoms with Crippen molar-refractivity contribution in [2.45, 2.75) is 6.42 Å². The Kier molecular flexibility index (Phi) is 5.74. The zero-order valence-electron chi connectivity index (χ0n) is 14.4. The van der Waals surface area contributed by atoms with Crippen LogP contribution >= 0.6 is 0 Å². The molecule has 5 heteroatoms. The van der Waals surface area contributed by atoms with Crippen molar-refractivity contribution in [3.05, 3.63) is 112 Å². The maximum absolute atomic E-state index is 12.1.